The van der Waals surface area contributed by atoms with E-state index in [9.17, 15) is 4.79 Å². The van der Waals surface area contributed by atoms with Crippen LogP contribution in [-0.4, -0.2) is 10.9 Å². The third kappa shape index (κ3) is 7.04. The van der Waals surface area contributed by atoms with Gasteiger partial charge in [0.05, 0.1) is 0 Å². The highest BCUT2D eigenvalue weighted by Crippen LogP contribution is 2.07. The number of hydrogen-bond donors (Lipinski definition) is 1. The van der Waals surface area contributed by atoms with Gasteiger partial charge in [0.2, 0.25) is 0 Å². The summed E-state index contributed by atoms with van der Waals surface area (Å²) in [6, 6.07) is 8.71. The smallest absolute Gasteiger partial charge is 0.135 e. The largest absolute Gasteiger partial charge is 0.508 e. The van der Waals surface area contributed by atoms with Crippen LogP contribution in [-0.2, 0) is 4.79 Å². The number of ketones is 1. The Morgan fingerprint density at radius 1 is 1.25 bits per heavy atom. The van der Waals surface area contributed by atoms with Crippen molar-refractivity contribution in [2.75, 3.05) is 0 Å². The van der Waals surface area contributed by atoms with Crippen LogP contribution in [0.15, 0.2) is 30.3 Å². The van der Waals surface area contributed by atoms with Crippen molar-refractivity contribution in [1.29, 1.82) is 0 Å². The van der Waals surface area contributed by atoms with E-state index in [4.69, 9.17) is 5.11 Å². The molecule has 0 aliphatic heterocycles. The van der Waals surface area contributed by atoms with Gasteiger partial charge in [-0.1, -0.05) is 45.4 Å². The maximum Gasteiger partial charge on any atom is 0.135 e. The van der Waals surface area contributed by atoms with E-state index in [-0.39, 0.29) is 0 Å². The molecule has 2 nitrogen and oxygen atoms in total. The summed E-state index contributed by atoms with van der Waals surface area (Å²) < 4.78 is 0. The molecule has 2 heteroatoms. The first-order valence-corrected chi connectivity index (χ1v) is 5.88. The minimum atomic E-state index is 0.292. The number of hydrogen-bond acceptors (Lipinski definition) is 2. The molecule has 0 aliphatic rings. The highest BCUT2D eigenvalue weighted by atomic mass is 16.3. The minimum Gasteiger partial charge on any atom is -0.508 e. The van der Waals surface area contributed by atoms with Gasteiger partial charge in [0.1, 0.15) is 11.5 Å². The van der Waals surface area contributed by atoms with E-state index in [0.29, 0.717) is 23.9 Å². The summed E-state index contributed by atoms with van der Waals surface area (Å²) in [6.07, 6.45) is 2.86. The molecule has 1 aromatic rings. The van der Waals surface area contributed by atoms with E-state index in [1.54, 1.807) is 24.3 Å². The van der Waals surface area contributed by atoms with Gasteiger partial charge in [-0.15, -0.1) is 0 Å². The third-order valence-electron chi connectivity index (χ3n) is 2.38. The number of carbonyl (C=O) groups excluding carboxylic acids is 1. The molecule has 0 aromatic heterocycles. The normalized spacial score (nSPS) is 11.2. The molecule has 0 spiro atoms. The zero-order valence-corrected chi connectivity index (χ0v) is 10.4. The number of benzene rings is 1. The molecule has 0 amide bonds. The van der Waals surface area contributed by atoms with Gasteiger partial charge in [-0.25, -0.2) is 0 Å². The first-order chi connectivity index (χ1) is 7.61. The first kappa shape index (κ1) is 14.7. The van der Waals surface area contributed by atoms with Gasteiger partial charge in [0, 0.05) is 12.3 Å². The average molecular weight is 222 g/mol. The number of aromatic hydroxyl groups is 1. The van der Waals surface area contributed by atoms with E-state index in [0.717, 1.165) is 12.8 Å². The Bertz CT molecular complexity index is 280. The predicted molar refractivity (Wildman–Crippen MR) is 67.5 cm³/mol. The van der Waals surface area contributed by atoms with Crippen molar-refractivity contribution in [3.63, 3.8) is 0 Å². The number of carbonyl (C=O) groups is 1. The van der Waals surface area contributed by atoms with Crippen molar-refractivity contribution in [1.82, 2.24) is 0 Å². The second kappa shape index (κ2) is 8.96. The molecular weight excluding hydrogens is 200 g/mol. The summed E-state index contributed by atoms with van der Waals surface area (Å²) in [6.45, 7) is 6.04. The molecule has 0 saturated carbocycles. The topological polar surface area (TPSA) is 37.3 Å². The fourth-order valence-corrected chi connectivity index (χ4v) is 1.37. The van der Waals surface area contributed by atoms with E-state index >= 15 is 0 Å². The quantitative estimate of drug-likeness (QED) is 0.841. The molecule has 0 heterocycles. The van der Waals surface area contributed by atoms with Crippen LogP contribution in [0.4, 0.5) is 0 Å². The molecular formula is C14H22O2. The molecule has 1 aromatic carbocycles. The molecule has 1 N–H and O–H groups in total. The standard InChI is InChI=1S/C8H16O.C6H6O/c1-4-6-7(3)8(9)5-2;7-6-4-2-1-3-5-6/h7H,4-6H2,1-3H3;1-5,7H. The van der Waals surface area contributed by atoms with Gasteiger partial charge in [-0.3, -0.25) is 4.79 Å². The summed E-state index contributed by atoms with van der Waals surface area (Å²) in [7, 11) is 0. The van der Waals surface area contributed by atoms with Crippen molar-refractivity contribution in [3.8, 4) is 5.75 Å². The lowest BCUT2D eigenvalue weighted by molar-refractivity contribution is -0.122. The van der Waals surface area contributed by atoms with Crippen LogP contribution < -0.4 is 0 Å². The molecule has 0 bridgehead atoms. The molecule has 0 radical (unpaired) electrons. The van der Waals surface area contributed by atoms with E-state index in [1.165, 1.54) is 0 Å². The Labute approximate surface area is 98.3 Å². The van der Waals surface area contributed by atoms with E-state index in [2.05, 4.69) is 6.92 Å². The van der Waals surface area contributed by atoms with Gasteiger partial charge in [-0.2, -0.15) is 0 Å². The average Bonchev–Trinajstić information content (AvgIpc) is 2.30. The first-order valence-electron chi connectivity index (χ1n) is 5.88. The monoisotopic (exact) mass is 222 g/mol. The predicted octanol–water partition coefficient (Wildman–Crippen LogP) is 3.79. The Balaban J connectivity index is 0.000000288. The Morgan fingerprint density at radius 3 is 2.12 bits per heavy atom. The van der Waals surface area contributed by atoms with Crippen LogP contribution in [0.5, 0.6) is 5.75 Å². The lowest BCUT2D eigenvalue weighted by atomic mass is 10.00. The number of Topliss-reactive ketones (excluding diaryl/α,β-unsaturated/α-hetero) is 1. The molecule has 0 fully saturated rings. The minimum absolute atomic E-state index is 0.292. The summed E-state index contributed by atoms with van der Waals surface area (Å²) in [5.74, 6) is 1.01. The van der Waals surface area contributed by atoms with Gasteiger partial charge < -0.3 is 5.11 Å². The van der Waals surface area contributed by atoms with E-state index in [1.807, 2.05) is 19.9 Å². The van der Waals surface area contributed by atoms with Crippen LogP contribution in [0.2, 0.25) is 0 Å². The van der Waals surface area contributed by atoms with Crippen LogP contribution >= 0.6 is 0 Å². The van der Waals surface area contributed by atoms with Crippen molar-refractivity contribution in [2.24, 2.45) is 5.92 Å². The lowest BCUT2D eigenvalue weighted by Crippen LogP contribution is -2.08. The van der Waals surface area contributed by atoms with Gasteiger partial charge in [-0.05, 0) is 18.6 Å². The Morgan fingerprint density at radius 2 is 1.81 bits per heavy atom. The zero-order valence-electron chi connectivity index (χ0n) is 10.4. The molecule has 1 atom stereocenters. The lowest BCUT2D eigenvalue weighted by Gasteiger charge is -2.04. The van der Waals surface area contributed by atoms with Crippen molar-refractivity contribution >= 4 is 5.78 Å². The van der Waals surface area contributed by atoms with E-state index < -0.39 is 0 Å². The Hall–Kier alpha value is -1.31. The van der Waals surface area contributed by atoms with Gasteiger partial charge in [0.15, 0.2) is 0 Å². The number of rotatable bonds is 4. The number of para-hydroxylation sites is 1. The zero-order chi connectivity index (χ0) is 12.4. The molecule has 1 unspecified atom stereocenters. The van der Waals surface area contributed by atoms with Crippen molar-refractivity contribution in [3.05, 3.63) is 30.3 Å². The fourth-order valence-electron chi connectivity index (χ4n) is 1.37. The number of phenolic OH excluding ortho intramolecular Hbond substituents is 1. The number of phenols is 1. The highest BCUT2D eigenvalue weighted by molar-refractivity contribution is 5.80. The molecule has 0 saturated heterocycles. The molecule has 1 rings (SSSR count). The summed E-state index contributed by atoms with van der Waals surface area (Å²) in [4.78, 5) is 10.9. The summed E-state index contributed by atoms with van der Waals surface area (Å²) in [5.41, 5.74) is 0. The van der Waals surface area contributed by atoms with Gasteiger partial charge in [0.25, 0.3) is 0 Å². The molecule has 0 aliphatic carbocycles. The Kier molecular flexibility index (Phi) is 8.22. The third-order valence-corrected chi connectivity index (χ3v) is 2.38. The van der Waals surface area contributed by atoms with Gasteiger partial charge >= 0.3 is 0 Å². The second-order valence-corrected chi connectivity index (χ2v) is 3.85. The molecule has 16 heavy (non-hydrogen) atoms. The summed E-state index contributed by atoms with van der Waals surface area (Å²) >= 11 is 0. The molecule has 90 valence electrons. The summed E-state index contributed by atoms with van der Waals surface area (Å²) in [5, 5.41) is 8.63. The maximum atomic E-state index is 10.9. The SMILES string of the molecule is CCCC(C)C(=O)CC.Oc1ccccc1. The van der Waals surface area contributed by atoms with Crippen LogP contribution in [0.3, 0.4) is 0 Å². The second-order valence-electron chi connectivity index (χ2n) is 3.85. The van der Waals surface area contributed by atoms with Crippen molar-refractivity contribution in [2.45, 2.75) is 40.0 Å². The van der Waals surface area contributed by atoms with Crippen LogP contribution in [0, 0.1) is 5.92 Å². The highest BCUT2D eigenvalue weighted by Gasteiger charge is 2.07. The van der Waals surface area contributed by atoms with Crippen molar-refractivity contribution < 1.29 is 9.90 Å². The fraction of sp³-hybridized carbons (Fsp3) is 0.500. The van der Waals surface area contributed by atoms with Crippen LogP contribution in [0.25, 0.3) is 0 Å². The van der Waals surface area contributed by atoms with Crippen LogP contribution in [0.1, 0.15) is 40.0 Å². The maximum absolute atomic E-state index is 10.9.